The molecule has 0 aliphatic rings. The van der Waals surface area contributed by atoms with Gasteiger partial charge in [-0.25, -0.2) is 4.79 Å². The van der Waals surface area contributed by atoms with E-state index in [9.17, 15) is 9.59 Å². The van der Waals surface area contributed by atoms with Gasteiger partial charge in [-0.05, 0) is 49.7 Å². The van der Waals surface area contributed by atoms with E-state index in [-0.39, 0.29) is 11.8 Å². The molecule has 2 aromatic rings. The molecule has 0 unspecified atom stereocenters. The molecule has 0 fully saturated rings. The number of pyridine rings is 1. The fourth-order valence-corrected chi connectivity index (χ4v) is 2.07. The smallest absolute Gasteiger partial charge is 0.338 e. The van der Waals surface area contributed by atoms with Gasteiger partial charge in [-0.1, -0.05) is 6.92 Å². The number of allylic oxidation sites excluding steroid dienone is 2. The van der Waals surface area contributed by atoms with E-state index < -0.39 is 0 Å². The van der Waals surface area contributed by atoms with E-state index in [0.29, 0.717) is 24.2 Å². The molecule has 0 aliphatic heterocycles. The van der Waals surface area contributed by atoms with Gasteiger partial charge in [0.2, 0.25) is 0 Å². The van der Waals surface area contributed by atoms with Crippen molar-refractivity contribution >= 4 is 17.4 Å². The summed E-state index contributed by atoms with van der Waals surface area (Å²) in [5, 5.41) is 3.20. The number of rotatable bonds is 7. The maximum atomic E-state index is 12.2. The van der Waals surface area contributed by atoms with E-state index in [0.717, 1.165) is 11.4 Å². The highest BCUT2D eigenvalue weighted by atomic mass is 16.5. The summed E-state index contributed by atoms with van der Waals surface area (Å²) in [5.74, 6) is -0.423. The van der Waals surface area contributed by atoms with Crippen molar-refractivity contribution in [2.45, 2.75) is 20.3 Å². The number of nitrogens with zero attached hydrogens (tertiary/aromatic N) is 1. The van der Waals surface area contributed by atoms with Gasteiger partial charge in [-0.3, -0.25) is 9.78 Å². The minimum absolute atomic E-state index is 0.0788. The van der Waals surface area contributed by atoms with Crippen molar-refractivity contribution in [3.05, 3.63) is 71.7 Å². The second kappa shape index (κ2) is 8.62. The third-order valence-corrected chi connectivity index (χ3v) is 3.35. The zero-order valence-electron chi connectivity index (χ0n) is 13.8. The van der Waals surface area contributed by atoms with Gasteiger partial charge in [-0.15, -0.1) is 0 Å². The summed E-state index contributed by atoms with van der Waals surface area (Å²) in [6.45, 7) is 4.08. The largest absolute Gasteiger partial charge is 0.462 e. The Hall–Kier alpha value is -2.95. The maximum Gasteiger partial charge on any atom is 0.338 e. The Balaban J connectivity index is 2.08. The standard InChI is InChI=1S/C19H20N2O3/c1-3-16(13-18(22)14-9-11-20-12-10-14)21-17-7-5-15(6-8-17)19(23)24-4-2/h5-13,21H,3-4H2,1-2H3/b16-13-. The van der Waals surface area contributed by atoms with Crippen molar-refractivity contribution in [3.63, 3.8) is 0 Å². The number of benzene rings is 1. The van der Waals surface area contributed by atoms with Gasteiger partial charge in [0, 0.05) is 35.4 Å². The predicted octanol–water partition coefficient (Wildman–Crippen LogP) is 3.85. The van der Waals surface area contributed by atoms with Crippen LogP contribution >= 0.6 is 0 Å². The maximum absolute atomic E-state index is 12.2. The summed E-state index contributed by atoms with van der Waals surface area (Å²) in [6.07, 6.45) is 5.44. The fraction of sp³-hybridized carbons (Fsp3) is 0.211. The summed E-state index contributed by atoms with van der Waals surface area (Å²) < 4.78 is 4.95. The Morgan fingerprint density at radius 3 is 2.29 bits per heavy atom. The van der Waals surface area contributed by atoms with E-state index in [1.165, 1.54) is 0 Å². The first-order valence-corrected chi connectivity index (χ1v) is 7.83. The van der Waals surface area contributed by atoms with Crippen LogP contribution in [0.5, 0.6) is 0 Å². The highest BCUT2D eigenvalue weighted by molar-refractivity contribution is 6.05. The fourth-order valence-electron chi connectivity index (χ4n) is 2.07. The second-order valence-corrected chi connectivity index (χ2v) is 5.05. The molecule has 0 spiro atoms. The Labute approximate surface area is 141 Å². The molecule has 0 bridgehead atoms. The summed E-state index contributed by atoms with van der Waals surface area (Å²) in [7, 11) is 0. The Morgan fingerprint density at radius 1 is 1.04 bits per heavy atom. The minimum Gasteiger partial charge on any atom is -0.462 e. The zero-order valence-corrected chi connectivity index (χ0v) is 13.8. The van der Waals surface area contributed by atoms with Crippen LogP contribution in [-0.4, -0.2) is 23.3 Å². The SMILES string of the molecule is CCOC(=O)c1ccc(N/C(=C\C(=O)c2ccncc2)CC)cc1. The molecule has 1 N–H and O–H groups in total. The van der Waals surface area contributed by atoms with Gasteiger partial charge in [0.25, 0.3) is 0 Å². The monoisotopic (exact) mass is 324 g/mol. The Kier molecular flexibility index (Phi) is 6.25. The summed E-state index contributed by atoms with van der Waals surface area (Å²) in [5.41, 5.74) is 2.69. The highest BCUT2D eigenvalue weighted by Gasteiger charge is 2.07. The average molecular weight is 324 g/mol. The van der Waals surface area contributed by atoms with Crippen molar-refractivity contribution in [2.24, 2.45) is 0 Å². The van der Waals surface area contributed by atoms with Gasteiger partial charge in [0.1, 0.15) is 0 Å². The molecule has 0 radical (unpaired) electrons. The number of aromatic nitrogens is 1. The van der Waals surface area contributed by atoms with Crippen molar-refractivity contribution in [1.29, 1.82) is 0 Å². The molecule has 124 valence electrons. The number of ketones is 1. The lowest BCUT2D eigenvalue weighted by Gasteiger charge is -2.10. The number of ether oxygens (including phenoxy) is 1. The van der Waals surface area contributed by atoms with Gasteiger partial charge in [-0.2, -0.15) is 0 Å². The molecule has 0 saturated heterocycles. The van der Waals surface area contributed by atoms with Crippen LogP contribution in [0.4, 0.5) is 5.69 Å². The third kappa shape index (κ3) is 4.78. The molecule has 1 heterocycles. The van der Waals surface area contributed by atoms with Gasteiger partial charge in [0.05, 0.1) is 12.2 Å². The lowest BCUT2D eigenvalue weighted by molar-refractivity contribution is 0.0526. The Bertz CT molecular complexity index is 722. The molecule has 5 heteroatoms. The number of esters is 1. The normalized spacial score (nSPS) is 11.0. The topological polar surface area (TPSA) is 68.3 Å². The molecule has 2 rings (SSSR count). The summed E-state index contributed by atoms with van der Waals surface area (Å²) in [4.78, 5) is 27.8. The molecule has 0 saturated carbocycles. The van der Waals surface area contributed by atoms with E-state index in [1.807, 2.05) is 6.92 Å². The summed E-state index contributed by atoms with van der Waals surface area (Å²) >= 11 is 0. The number of hydrogen-bond donors (Lipinski definition) is 1. The van der Waals surface area contributed by atoms with Crippen LogP contribution in [-0.2, 0) is 4.74 Å². The number of carbonyl (C=O) groups excluding carboxylic acids is 2. The molecule has 0 aliphatic carbocycles. The van der Waals surface area contributed by atoms with Crippen molar-refractivity contribution in [3.8, 4) is 0 Å². The molecule has 24 heavy (non-hydrogen) atoms. The minimum atomic E-state index is -0.344. The predicted molar refractivity (Wildman–Crippen MR) is 93.0 cm³/mol. The number of hydrogen-bond acceptors (Lipinski definition) is 5. The quantitative estimate of drug-likeness (QED) is 0.476. The lowest BCUT2D eigenvalue weighted by Crippen LogP contribution is -2.06. The lowest BCUT2D eigenvalue weighted by atomic mass is 10.1. The van der Waals surface area contributed by atoms with Crippen LogP contribution < -0.4 is 5.32 Å². The van der Waals surface area contributed by atoms with Crippen LogP contribution in [0.15, 0.2) is 60.6 Å². The molecule has 1 aromatic carbocycles. The van der Waals surface area contributed by atoms with Crippen LogP contribution in [0.2, 0.25) is 0 Å². The highest BCUT2D eigenvalue weighted by Crippen LogP contribution is 2.15. The molecule has 5 nitrogen and oxygen atoms in total. The van der Waals surface area contributed by atoms with Gasteiger partial charge in [0.15, 0.2) is 5.78 Å². The summed E-state index contributed by atoms with van der Waals surface area (Å²) in [6, 6.07) is 10.3. The Morgan fingerprint density at radius 2 is 1.71 bits per heavy atom. The molecular formula is C19H20N2O3. The van der Waals surface area contributed by atoms with E-state index in [1.54, 1.807) is 61.8 Å². The first-order valence-electron chi connectivity index (χ1n) is 7.83. The van der Waals surface area contributed by atoms with Crippen LogP contribution in [0.1, 0.15) is 41.0 Å². The number of carbonyl (C=O) groups is 2. The number of nitrogens with one attached hydrogen (secondary N) is 1. The average Bonchev–Trinajstić information content (AvgIpc) is 2.62. The molecule has 0 amide bonds. The molecule has 0 atom stereocenters. The zero-order chi connectivity index (χ0) is 17.4. The van der Waals surface area contributed by atoms with Crippen LogP contribution in [0.3, 0.4) is 0 Å². The first-order chi connectivity index (χ1) is 11.6. The van der Waals surface area contributed by atoms with Gasteiger partial charge >= 0.3 is 5.97 Å². The third-order valence-electron chi connectivity index (χ3n) is 3.35. The molecular weight excluding hydrogens is 304 g/mol. The van der Waals surface area contributed by atoms with Crippen LogP contribution in [0, 0.1) is 0 Å². The van der Waals surface area contributed by atoms with E-state index >= 15 is 0 Å². The van der Waals surface area contributed by atoms with E-state index in [4.69, 9.17) is 4.74 Å². The van der Waals surface area contributed by atoms with Gasteiger partial charge < -0.3 is 10.1 Å². The van der Waals surface area contributed by atoms with E-state index in [2.05, 4.69) is 10.3 Å². The van der Waals surface area contributed by atoms with Crippen molar-refractivity contribution in [2.75, 3.05) is 11.9 Å². The first kappa shape index (κ1) is 17.4. The van der Waals surface area contributed by atoms with Crippen LogP contribution in [0.25, 0.3) is 0 Å². The number of anilines is 1. The van der Waals surface area contributed by atoms with Crippen molar-refractivity contribution < 1.29 is 14.3 Å². The molecule has 1 aromatic heterocycles. The second-order valence-electron chi connectivity index (χ2n) is 5.05. The van der Waals surface area contributed by atoms with Crippen molar-refractivity contribution in [1.82, 2.24) is 4.98 Å².